The van der Waals surface area contributed by atoms with Gasteiger partial charge in [-0.25, -0.2) is 0 Å². The summed E-state index contributed by atoms with van der Waals surface area (Å²) in [5.41, 5.74) is 1.83. The van der Waals surface area contributed by atoms with Crippen molar-refractivity contribution in [1.29, 1.82) is 0 Å². The third-order valence-electron chi connectivity index (χ3n) is 3.83. The molecule has 0 saturated carbocycles. The van der Waals surface area contributed by atoms with E-state index in [1.165, 1.54) is 5.56 Å². The van der Waals surface area contributed by atoms with E-state index in [4.69, 9.17) is 11.6 Å². The second-order valence-corrected chi connectivity index (χ2v) is 6.18. The van der Waals surface area contributed by atoms with Gasteiger partial charge in [-0.1, -0.05) is 37.6 Å². The molecule has 130 valence electrons. The number of amides is 1. The van der Waals surface area contributed by atoms with Crippen LogP contribution in [0.1, 0.15) is 36.2 Å². The van der Waals surface area contributed by atoms with E-state index in [2.05, 4.69) is 29.2 Å². The van der Waals surface area contributed by atoms with E-state index < -0.39 is 0 Å². The average Bonchev–Trinajstić information content (AvgIpc) is 3.05. The van der Waals surface area contributed by atoms with Crippen molar-refractivity contribution in [2.24, 2.45) is 0 Å². The Morgan fingerprint density at radius 2 is 2.04 bits per heavy atom. The number of rotatable bonds is 9. The molecule has 1 aromatic heterocycles. The first-order valence-electron chi connectivity index (χ1n) is 8.39. The van der Waals surface area contributed by atoms with E-state index in [0.717, 1.165) is 37.6 Å². The molecule has 5 nitrogen and oxygen atoms in total. The molecule has 0 unspecified atom stereocenters. The lowest BCUT2D eigenvalue weighted by molar-refractivity contribution is 0.0948. The van der Waals surface area contributed by atoms with Crippen LogP contribution in [0.15, 0.2) is 36.7 Å². The molecule has 1 amide bonds. The molecule has 0 radical (unpaired) electrons. The first-order valence-corrected chi connectivity index (χ1v) is 8.77. The van der Waals surface area contributed by atoms with Gasteiger partial charge in [-0.2, -0.15) is 5.10 Å². The lowest BCUT2D eigenvalue weighted by atomic mass is 10.2. The fraction of sp³-hybridized carbons (Fsp3) is 0.444. The van der Waals surface area contributed by atoms with Gasteiger partial charge in [-0.15, -0.1) is 0 Å². The van der Waals surface area contributed by atoms with E-state index in [-0.39, 0.29) is 5.91 Å². The van der Waals surface area contributed by atoms with Crippen LogP contribution in [-0.4, -0.2) is 40.2 Å². The molecule has 2 aromatic rings. The molecule has 1 heterocycles. The third kappa shape index (κ3) is 5.65. The molecule has 0 bridgehead atoms. The summed E-state index contributed by atoms with van der Waals surface area (Å²) in [5.74, 6) is -0.0695. The number of nitrogens with zero attached hydrogens (tertiary/aromatic N) is 3. The number of halogens is 1. The number of nitrogens with one attached hydrogen (secondary N) is 1. The largest absolute Gasteiger partial charge is 0.351 e. The van der Waals surface area contributed by atoms with Gasteiger partial charge in [0, 0.05) is 37.4 Å². The molecule has 0 aliphatic rings. The molecular weight excluding hydrogens is 324 g/mol. The van der Waals surface area contributed by atoms with Gasteiger partial charge in [0.2, 0.25) is 0 Å². The Balaban J connectivity index is 1.78. The number of hydrogen-bond donors (Lipinski definition) is 1. The van der Waals surface area contributed by atoms with Crippen molar-refractivity contribution in [3.8, 4) is 0 Å². The molecule has 0 spiro atoms. The number of carbonyl (C=O) groups excluding carboxylic acids is 1. The number of benzene rings is 1. The standard InChI is InChI=1S/C18H25ClN4O/c1-3-10-23-14-16(12-21-23)18(24)20-9-11-22(4-2)13-15-5-7-17(19)8-6-15/h5-8,12,14H,3-4,9-11,13H2,1-2H3,(H,20,24). The molecule has 0 atom stereocenters. The zero-order valence-corrected chi connectivity index (χ0v) is 15.1. The van der Waals surface area contributed by atoms with Crippen molar-refractivity contribution in [3.63, 3.8) is 0 Å². The topological polar surface area (TPSA) is 50.2 Å². The Bertz CT molecular complexity index is 639. The molecule has 2 rings (SSSR count). The second-order valence-electron chi connectivity index (χ2n) is 5.74. The van der Waals surface area contributed by atoms with E-state index in [0.29, 0.717) is 12.1 Å². The third-order valence-corrected chi connectivity index (χ3v) is 4.08. The van der Waals surface area contributed by atoms with E-state index in [9.17, 15) is 4.79 Å². The quantitative estimate of drug-likeness (QED) is 0.757. The number of hydrogen-bond acceptors (Lipinski definition) is 3. The van der Waals surface area contributed by atoms with Gasteiger partial charge in [-0.3, -0.25) is 14.4 Å². The van der Waals surface area contributed by atoms with Crippen LogP contribution < -0.4 is 5.32 Å². The second kappa shape index (κ2) is 9.45. The molecular formula is C18H25ClN4O. The summed E-state index contributed by atoms with van der Waals surface area (Å²) in [6, 6.07) is 7.87. The summed E-state index contributed by atoms with van der Waals surface area (Å²) in [7, 11) is 0. The van der Waals surface area contributed by atoms with E-state index in [1.807, 2.05) is 24.3 Å². The van der Waals surface area contributed by atoms with Crippen molar-refractivity contribution >= 4 is 17.5 Å². The van der Waals surface area contributed by atoms with Crippen LogP contribution in [0.5, 0.6) is 0 Å². The maximum atomic E-state index is 12.1. The summed E-state index contributed by atoms with van der Waals surface area (Å²) >= 11 is 5.91. The summed E-state index contributed by atoms with van der Waals surface area (Å²) in [6.07, 6.45) is 4.42. The minimum Gasteiger partial charge on any atom is -0.351 e. The molecule has 24 heavy (non-hydrogen) atoms. The minimum absolute atomic E-state index is 0.0695. The molecule has 0 aliphatic heterocycles. The highest BCUT2D eigenvalue weighted by atomic mass is 35.5. The molecule has 0 aliphatic carbocycles. The van der Waals surface area contributed by atoms with Gasteiger partial charge < -0.3 is 5.32 Å². The maximum Gasteiger partial charge on any atom is 0.254 e. The van der Waals surface area contributed by atoms with E-state index in [1.54, 1.807) is 17.1 Å². The first kappa shape index (κ1) is 18.5. The summed E-state index contributed by atoms with van der Waals surface area (Å²) in [4.78, 5) is 14.4. The van der Waals surface area contributed by atoms with Gasteiger partial charge in [0.25, 0.3) is 5.91 Å². The molecule has 0 saturated heterocycles. The Morgan fingerprint density at radius 3 is 2.71 bits per heavy atom. The summed E-state index contributed by atoms with van der Waals surface area (Å²) < 4.78 is 1.80. The highest BCUT2D eigenvalue weighted by molar-refractivity contribution is 6.30. The number of carbonyl (C=O) groups is 1. The fourth-order valence-corrected chi connectivity index (χ4v) is 2.58. The van der Waals surface area contributed by atoms with Crippen molar-refractivity contribution in [3.05, 3.63) is 52.8 Å². The van der Waals surface area contributed by atoms with E-state index >= 15 is 0 Å². The fourth-order valence-electron chi connectivity index (χ4n) is 2.46. The Morgan fingerprint density at radius 1 is 1.29 bits per heavy atom. The number of aromatic nitrogens is 2. The molecule has 1 aromatic carbocycles. The summed E-state index contributed by atoms with van der Waals surface area (Å²) in [5, 5.41) is 7.89. The van der Waals surface area contributed by atoms with Crippen LogP contribution in [-0.2, 0) is 13.1 Å². The van der Waals surface area contributed by atoms with Crippen LogP contribution in [0.4, 0.5) is 0 Å². The van der Waals surface area contributed by atoms with Gasteiger partial charge in [-0.05, 0) is 30.7 Å². The SMILES string of the molecule is CCCn1cc(C(=O)NCCN(CC)Cc2ccc(Cl)cc2)cn1. The molecule has 1 N–H and O–H groups in total. The monoisotopic (exact) mass is 348 g/mol. The number of aryl methyl sites for hydroxylation is 1. The van der Waals surface area contributed by atoms with Crippen molar-refractivity contribution in [2.75, 3.05) is 19.6 Å². The van der Waals surface area contributed by atoms with Gasteiger partial charge >= 0.3 is 0 Å². The van der Waals surface area contributed by atoms with Gasteiger partial charge in [0.05, 0.1) is 11.8 Å². The Kier molecular flexibility index (Phi) is 7.28. The lowest BCUT2D eigenvalue weighted by Gasteiger charge is -2.20. The maximum absolute atomic E-state index is 12.1. The highest BCUT2D eigenvalue weighted by Gasteiger charge is 2.09. The van der Waals surface area contributed by atoms with Crippen LogP contribution in [0.25, 0.3) is 0 Å². The average molecular weight is 349 g/mol. The normalized spacial score (nSPS) is 11.0. The Hall–Kier alpha value is -1.85. The Labute approximate surface area is 148 Å². The first-order chi connectivity index (χ1) is 11.6. The van der Waals surface area contributed by atoms with Crippen LogP contribution in [0.3, 0.4) is 0 Å². The summed E-state index contributed by atoms with van der Waals surface area (Å²) in [6.45, 7) is 8.21. The minimum atomic E-state index is -0.0695. The van der Waals surface area contributed by atoms with Crippen LogP contribution >= 0.6 is 11.6 Å². The predicted molar refractivity (Wildman–Crippen MR) is 97.3 cm³/mol. The smallest absolute Gasteiger partial charge is 0.254 e. The van der Waals surface area contributed by atoms with Crippen molar-refractivity contribution < 1.29 is 4.79 Å². The molecule has 0 fully saturated rings. The van der Waals surface area contributed by atoms with Crippen LogP contribution in [0.2, 0.25) is 5.02 Å². The predicted octanol–water partition coefficient (Wildman–Crippen LogP) is 3.20. The highest BCUT2D eigenvalue weighted by Crippen LogP contribution is 2.11. The lowest BCUT2D eigenvalue weighted by Crippen LogP contribution is -2.34. The van der Waals surface area contributed by atoms with Gasteiger partial charge in [0.15, 0.2) is 0 Å². The number of likely N-dealkylation sites (N-methyl/N-ethyl adjacent to an activating group) is 1. The van der Waals surface area contributed by atoms with Gasteiger partial charge in [0.1, 0.15) is 0 Å². The van der Waals surface area contributed by atoms with Crippen LogP contribution in [0, 0.1) is 0 Å². The molecule has 6 heteroatoms. The zero-order chi connectivity index (χ0) is 17.4. The van der Waals surface area contributed by atoms with Crippen molar-refractivity contribution in [1.82, 2.24) is 20.0 Å². The zero-order valence-electron chi connectivity index (χ0n) is 14.3. The van der Waals surface area contributed by atoms with Crippen molar-refractivity contribution in [2.45, 2.75) is 33.4 Å².